The molecule has 14 heavy (non-hydrogen) atoms. The maximum absolute atomic E-state index is 12.0. The van der Waals surface area contributed by atoms with Gasteiger partial charge in [-0.3, -0.25) is 0 Å². The Morgan fingerprint density at radius 3 is 2.93 bits per heavy atom. The number of sulfone groups is 1. The lowest BCUT2D eigenvalue weighted by atomic mass is 10.1. The average molecular weight is 210 g/mol. The number of ether oxygens (including phenoxy) is 1. The van der Waals surface area contributed by atoms with Crippen LogP contribution in [0, 0.1) is 0 Å². The zero-order valence-electron chi connectivity index (χ0n) is 7.51. The van der Waals surface area contributed by atoms with Crippen LogP contribution in [0.15, 0.2) is 29.2 Å². The van der Waals surface area contributed by atoms with E-state index in [0.29, 0.717) is 17.9 Å². The highest BCUT2D eigenvalue weighted by atomic mass is 32.2. The van der Waals surface area contributed by atoms with Gasteiger partial charge in [-0.2, -0.15) is 0 Å². The zero-order chi connectivity index (χ0) is 9.76. The third-order valence-electron chi connectivity index (χ3n) is 2.97. The lowest BCUT2D eigenvalue weighted by molar-refractivity contribution is 0.114. The Kier molecular flexibility index (Phi) is 1.56. The van der Waals surface area contributed by atoms with Crippen LogP contribution in [0.3, 0.4) is 0 Å². The molecule has 0 spiro atoms. The van der Waals surface area contributed by atoms with E-state index in [1.807, 2.05) is 12.1 Å². The standard InChI is InChI=1S/C10H10O3S/c11-14(12)8-4-2-1-3-7(8)10-9(14)5-6-13-10/h1-4,9-10H,5-6H2. The van der Waals surface area contributed by atoms with Crippen molar-refractivity contribution in [3.63, 3.8) is 0 Å². The van der Waals surface area contributed by atoms with Crippen LogP contribution >= 0.6 is 0 Å². The molecule has 1 saturated heterocycles. The lowest BCUT2D eigenvalue weighted by Gasteiger charge is -2.06. The Labute approximate surface area is 82.6 Å². The third kappa shape index (κ3) is 0.875. The van der Waals surface area contributed by atoms with E-state index < -0.39 is 9.84 Å². The van der Waals surface area contributed by atoms with Crippen LogP contribution in [-0.2, 0) is 14.6 Å². The molecule has 1 fully saturated rings. The van der Waals surface area contributed by atoms with E-state index in [1.54, 1.807) is 12.1 Å². The molecule has 0 N–H and O–H groups in total. The summed E-state index contributed by atoms with van der Waals surface area (Å²) in [5, 5.41) is -0.333. The molecular formula is C10H10O3S. The molecule has 2 atom stereocenters. The van der Waals surface area contributed by atoms with E-state index in [-0.39, 0.29) is 11.4 Å². The van der Waals surface area contributed by atoms with Gasteiger partial charge < -0.3 is 4.74 Å². The van der Waals surface area contributed by atoms with Crippen LogP contribution in [0.4, 0.5) is 0 Å². The second-order valence-corrected chi connectivity index (χ2v) is 5.84. The van der Waals surface area contributed by atoms with Gasteiger partial charge in [-0.1, -0.05) is 18.2 Å². The second-order valence-electron chi connectivity index (χ2n) is 3.70. The molecule has 0 amide bonds. The lowest BCUT2D eigenvalue weighted by Crippen LogP contribution is -2.15. The van der Waals surface area contributed by atoms with Crippen molar-refractivity contribution in [3.05, 3.63) is 29.8 Å². The fourth-order valence-electron chi connectivity index (χ4n) is 2.32. The first kappa shape index (κ1) is 8.44. The number of fused-ring (bicyclic) bond motifs is 3. The first-order valence-electron chi connectivity index (χ1n) is 4.66. The highest BCUT2D eigenvalue weighted by molar-refractivity contribution is 7.92. The monoisotopic (exact) mass is 210 g/mol. The Morgan fingerprint density at radius 2 is 2.07 bits per heavy atom. The summed E-state index contributed by atoms with van der Waals surface area (Å²) in [5.41, 5.74) is 0.843. The third-order valence-corrected chi connectivity index (χ3v) is 5.23. The van der Waals surface area contributed by atoms with Crippen molar-refractivity contribution >= 4 is 9.84 Å². The number of hydrogen-bond acceptors (Lipinski definition) is 3. The first-order chi connectivity index (χ1) is 6.71. The molecule has 3 rings (SSSR count). The summed E-state index contributed by atoms with van der Waals surface area (Å²) in [6, 6.07) is 7.14. The fraction of sp³-hybridized carbons (Fsp3) is 0.400. The maximum Gasteiger partial charge on any atom is 0.184 e. The van der Waals surface area contributed by atoms with Crippen molar-refractivity contribution in [1.29, 1.82) is 0 Å². The van der Waals surface area contributed by atoms with Gasteiger partial charge >= 0.3 is 0 Å². The molecule has 0 bridgehead atoms. The van der Waals surface area contributed by atoms with E-state index in [0.717, 1.165) is 5.56 Å². The summed E-state index contributed by atoms with van der Waals surface area (Å²) < 4.78 is 29.4. The Bertz CT molecular complexity index is 478. The van der Waals surface area contributed by atoms with Gasteiger partial charge in [0, 0.05) is 12.2 Å². The molecule has 2 heterocycles. The Balaban J connectivity index is 2.30. The zero-order valence-corrected chi connectivity index (χ0v) is 8.33. The second kappa shape index (κ2) is 2.58. The van der Waals surface area contributed by atoms with Gasteiger partial charge in [-0.05, 0) is 12.5 Å². The average Bonchev–Trinajstić information content (AvgIpc) is 2.72. The summed E-state index contributed by atoms with van der Waals surface area (Å²) in [4.78, 5) is 0.467. The van der Waals surface area contributed by atoms with Gasteiger partial charge in [0.1, 0.15) is 6.10 Å². The molecule has 0 radical (unpaired) electrons. The summed E-state index contributed by atoms with van der Waals surface area (Å²) in [6.45, 7) is 0.558. The van der Waals surface area contributed by atoms with Crippen LogP contribution in [-0.4, -0.2) is 20.3 Å². The number of benzene rings is 1. The SMILES string of the molecule is O=S1(=O)c2ccccc2C2OCCC21. The fourth-order valence-corrected chi connectivity index (χ4v) is 4.38. The van der Waals surface area contributed by atoms with E-state index >= 15 is 0 Å². The van der Waals surface area contributed by atoms with Crippen LogP contribution in [0.5, 0.6) is 0 Å². The smallest absolute Gasteiger partial charge is 0.184 e. The molecule has 2 aliphatic heterocycles. The highest BCUT2D eigenvalue weighted by Gasteiger charge is 2.48. The van der Waals surface area contributed by atoms with Gasteiger partial charge in [-0.25, -0.2) is 8.42 Å². The molecule has 2 aliphatic rings. The quantitative estimate of drug-likeness (QED) is 0.648. The first-order valence-corrected chi connectivity index (χ1v) is 6.20. The summed E-state index contributed by atoms with van der Waals surface area (Å²) in [6.07, 6.45) is 0.415. The summed E-state index contributed by atoms with van der Waals surface area (Å²) >= 11 is 0. The molecule has 1 aromatic carbocycles. The van der Waals surface area contributed by atoms with Gasteiger partial charge in [0.2, 0.25) is 0 Å². The molecule has 2 unspecified atom stereocenters. The predicted molar refractivity (Wildman–Crippen MR) is 50.7 cm³/mol. The largest absolute Gasteiger partial charge is 0.372 e. The van der Waals surface area contributed by atoms with Gasteiger partial charge in [-0.15, -0.1) is 0 Å². The number of rotatable bonds is 0. The molecule has 3 nitrogen and oxygen atoms in total. The molecule has 1 aromatic rings. The molecule has 0 aliphatic carbocycles. The predicted octanol–water partition coefficient (Wildman–Crippen LogP) is 1.30. The Morgan fingerprint density at radius 1 is 1.29 bits per heavy atom. The Hall–Kier alpha value is -0.870. The summed E-state index contributed by atoms with van der Waals surface area (Å²) in [7, 11) is -3.11. The highest BCUT2D eigenvalue weighted by Crippen LogP contribution is 2.45. The van der Waals surface area contributed by atoms with E-state index in [4.69, 9.17) is 4.74 Å². The van der Waals surface area contributed by atoms with Crippen molar-refractivity contribution in [1.82, 2.24) is 0 Å². The number of hydrogen-bond donors (Lipinski definition) is 0. The van der Waals surface area contributed by atoms with Gasteiger partial charge in [0.15, 0.2) is 9.84 Å². The van der Waals surface area contributed by atoms with Crippen molar-refractivity contribution in [2.75, 3.05) is 6.61 Å². The van der Waals surface area contributed by atoms with E-state index in [1.165, 1.54) is 0 Å². The minimum atomic E-state index is -3.11. The topological polar surface area (TPSA) is 43.4 Å². The van der Waals surface area contributed by atoms with Gasteiger partial charge in [0.25, 0.3) is 0 Å². The van der Waals surface area contributed by atoms with Crippen LogP contribution in [0.1, 0.15) is 18.1 Å². The van der Waals surface area contributed by atoms with Crippen LogP contribution in [0.2, 0.25) is 0 Å². The molecule has 4 heteroatoms. The molecular weight excluding hydrogens is 200 g/mol. The van der Waals surface area contributed by atoms with E-state index in [9.17, 15) is 8.42 Å². The van der Waals surface area contributed by atoms with Crippen molar-refractivity contribution in [2.24, 2.45) is 0 Å². The van der Waals surface area contributed by atoms with Crippen LogP contribution in [0.25, 0.3) is 0 Å². The summed E-state index contributed by atoms with van der Waals surface area (Å²) in [5.74, 6) is 0. The van der Waals surface area contributed by atoms with Crippen molar-refractivity contribution in [3.8, 4) is 0 Å². The normalized spacial score (nSPS) is 32.6. The molecule has 0 aromatic heterocycles. The molecule has 0 saturated carbocycles. The van der Waals surface area contributed by atoms with E-state index in [2.05, 4.69) is 0 Å². The maximum atomic E-state index is 12.0. The van der Waals surface area contributed by atoms with Crippen molar-refractivity contribution in [2.45, 2.75) is 22.7 Å². The van der Waals surface area contributed by atoms with Crippen LogP contribution < -0.4 is 0 Å². The minimum absolute atomic E-state index is 0.212. The van der Waals surface area contributed by atoms with Crippen molar-refractivity contribution < 1.29 is 13.2 Å². The molecule has 74 valence electrons. The minimum Gasteiger partial charge on any atom is -0.372 e. The van der Waals surface area contributed by atoms with Gasteiger partial charge in [0.05, 0.1) is 10.1 Å².